The topological polar surface area (TPSA) is 0 Å². The number of hydrogen-bond donors (Lipinski definition) is 0. The van der Waals surface area contributed by atoms with Crippen LogP contribution in [0.1, 0.15) is 0 Å². The van der Waals surface area contributed by atoms with Crippen molar-refractivity contribution < 1.29 is 39.5 Å². The van der Waals surface area contributed by atoms with Crippen LogP contribution in [-0.4, -0.2) is 6.71 Å². The lowest BCUT2D eigenvalue weighted by molar-refractivity contribution is 0.495. The molecule has 3 aromatic rings. The van der Waals surface area contributed by atoms with Gasteiger partial charge in [0.25, 0.3) is 6.71 Å². The minimum Gasteiger partial charge on any atom is -0.207 e. The van der Waals surface area contributed by atoms with Gasteiger partial charge < -0.3 is 0 Å². The van der Waals surface area contributed by atoms with E-state index < -0.39 is 75.5 Å². The summed E-state index contributed by atoms with van der Waals surface area (Å²) in [6.45, 7) is -2.08. The van der Waals surface area contributed by atoms with Crippen LogP contribution in [0.3, 0.4) is 0 Å². The molecule has 10 heteroatoms. The molecular formula is C18H6BF9. The Balaban J connectivity index is 2.38. The predicted octanol–water partition coefficient (Wildman–Crippen LogP) is 3.45. The van der Waals surface area contributed by atoms with Crippen molar-refractivity contribution in [2.75, 3.05) is 0 Å². The second-order valence-electron chi connectivity index (χ2n) is 5.80. The van der Waals surface area contributed by atoms with Gasteiger partial charge in [-0.05, 0) is 34.6 Å². The zero-order chi connectivity index (χ0) is 20.7. The van der Waals surface area contributed by atoms with Crippen molar-refractivity contribution in [3.05, 3.63) is 88.8 Å². The third kappa shape index (κ3) is 3.46. The van der Waals surface area contributed by atoms with E-state index in [1.807, 2.05) is 0 Å². The Bertz CT molecular complexity index is 945. The summed E-state index contributed by atoms with van der Waals surface area (Å²) >= 11 is 0. The lowest BCUT2D eigenvalue weighted by Gasteiger charge is -2.18. The van der Waals surface area contributed by atoms with Gasteiger partial charge in [0.2, 0.25) is 0 Å². The Morgan fingerprint density at radius 3 is 0.786 bits per heavy atom. The van der Waals surface area contributed by atoms with E-state index in [1.54, 1.807) is 0 Å². The highest BCUT2D eigenvalue weighted by Crippen LogP contribution is 2.13. The van der Waals surface area contributed by atoms with E-state index in [4.69, 9.17) is 0 Å². The van der Waals surface area contributed by atoms with Gasteiger partial charge in [-0.15, -0.1) is 0 Å². The van der Waals surface area contributed by atoms with Gasteiger partial charge in [0, 0.05) is 18.2 Å². The van der Waals surface area contributed by atoms with Gasteiger partial charge in [-0.1, -0.05) is 0 Å². The quantitative estimate of drug-likeness (QED) is 0.357. The average Bonchev–Trinajstić information content (AvgIpc) is 2.61. The molecule has 0 aliphatic heterocycles. The Morgan fingerprint density at radius 2 is 0.536 bits per heavy atom. The lowest BCUT2D eigenvalue weighted by atomic mass is 9.36. The summed E-state index contributed by atoms with van der Waals surface area (Å²) in [7, 11) is 0. The molecule has 0 aliphatic carbocycles. The Hall–Kier alpha value is -2.91. The van der Waals surface area contributed by atoms with Crippen LogP contribution in [0, 0.1) is 52.4 Å². The van der Waals surface area contributed by atoms with Crippen LogP contribution < -0.4 is 16.4 Å². The maximum atomic E-state index is 14.3. The molecule has 28 heavy (non-hydrogen) atoms. The van der Waals surface area contributed by atoms with E-state index in [2.05, 4.69) is 0 Å². The van der Waals surface area contributed by atoms with E-state index in [9.17, 15) is 39.5 Å². The van der Waals surface area contributed by atoms with E-state index in [0.29, 0.717) is 0 Å². The molecule has 144 valence electrons. The lowest BCUT2D eigenvalue weighted by Crippen LogP contribution is -2.56. The minimum absolute atomic E-state index is 0.0627. The normalized spacial score (nSPS) is 11.0. The van der Waals surface area contributed by atoms with Gasteiger partial charge in [0.15, 0.2) is 34.9 Å². The van der Waals surface area contributed by atoms with Crippen LogP contribution in [0.5, 0.6) is 0 Å². The molecule has 0 bridgehead atoms. The van der Waals surface area contributed by atoms with E-state index in [0.717, 1.165) is 0 Å². The molecule has 0 amide bonds. The molecule has 0 aliphatic rings. The van der Waals surface area contributed by atoms with Gasteiger partial charge in [-0.2, -0.15) is 0 Å². The third-order valence-electron chi connectivity index (χ3n) is 4.05. The molecule has 0 unspecified atom stereocenters. The first-order valence-electron chi connectivity index (χ1n) is 7.53. The zero-order valence-corrected chi connectivity index (χ0v) is 13.4. The zero-order valence-electron chi connectivity index (χ0n) is 13.4. The van der Waals surface area contributed by atoms with Crippen molar-refractivity contribution in [2.24, 2.45) is 0 Å². The molecule has 0 atom stereocenters. The van der Waals surface area contributed by atoms with Crippen LogP contribution in [0.2, 0.25) is 0 Å². The van der Waals surface area contributed by atoms with Gasteiger partial charge >= 0.3 is 0 Å². The van der Waals surface area contributed by atoms with E-state index >= 15 is 0 Å². The molecule has 3 rings (SSSR count). The van der Waals surface area contributed by atoms with E-state index in [1.165, 1.54) is 0 Å². The summed E-state index contributed by atoms with van der Waals surface area (Å²) in [5.74, 6) is -14.2. The number of halogens is 9. The summed E-state index contributed by atoms with van der Waals surface area (Å²) in [6.07, 6.45) is 0. The number of rotatable bonds is 3. The van der Waals surface area contributed by atoms with Crippen molar-refractivity contribution in [2.45, 2.75) is 0 Å². The molecule has 0 saturated heterocycles. The average molecular weight is 404 g/mol. The molecule has 0 radical (unpaired) electrons. The summed E-state index contributed by atoms with van der Waals surface area (Å²) in [6, 6.07) is 0.887. The molecular weight excluding hydrogens is 398 g/mol. The highest BCUT2D eigenvalue weighted by atomic mass is 19.2. The highest BCUT2D eigenvalue weighted by molar-refractivity contribution is 6.95. The van der Waals surface area contributed by atoms with Gasteiger partial charge in [-0.25, -0.2) is 39.5 Å². The number of benzene rings is 3. The molecule has 0 nitrogen and oxygen atoms in total. The molecule has 0 aromatic heterocycles. The fourth-order valence-corrected chi connectivity index (χ4v) is 2.78. The smallest absolute Gasteiger partial charge is 0.207 e. The molecule has 0 spiro atoms. The van der Waals surface area contributed by atoms with Crippen LogP contribution in [0.4, 0.5) is 39.5 Å². The second-order valence-corrected chi connectivity index (χ2v) is 5.80. The largest absolute Gasteiger partial charge is 0.253 e. The van der Waals surface area contributed by atoms with Crippen molar-refractivity contribution in [3.8, 4) is 0 Å². The third-order valence-corrected chi connectivity index (χ3v) is 4.05. The summed E-state index contributed by atoms with van der Waals surface area (Å²) < 4.78 is 124. The fraction of sp³-hybridized carbons (Fsp3) is 0. The predicted molar refractivity (Wildman–Crippen MR) is 83.6 cm³/mol. The first-order valence-corrected chi connectivity index (χ1v) is 7.53. The van der Waals surface area contributed by atoms with Gasteiger partial charge in [0.1, 0.15) is 17.5 Å². The number of hydrogen-bond acceptors (Lipinski definition) is 0. The SMILES string of the molecule is Fc1cc(F)c(B(c2cc(F)c(F)cc2F)c2cc(F)c(F)cc2F)cc1F. The van der Waals surface area contributed by atoms with Crippen LogP contribution in [0.25, 0.3) is 0 Å². The highest BCUT2D eigenvalue weighted by Gasteiger charge is 2.33. The monoisotopic (exact) mass is 404 g/mol. The van der Waals surface area contributed by atoms with E-state index in [-0.39, 0.29) is 36.4 Å². The summed E-state index contributed by atoms with van der Waals surface area (Å²) in [5.41, 5.74) is -2.73. The molecule has 0 fully saturated rings. The summed E-state index contributed by atoms with van der Waals surface area (Å²) in [5, 5.41) is 0. The van der Waals surface area contributed by atoms with Crippen molar-refractivity contribution >= 4 is 23.1 Å². The molecule has 0 heterocycles. The molecule has 0 saturated carbocycles. The summed E-state index contributed by atoms with van der Waals surface area (Å²) in [4.78, 5) is 0. The standard InChI is InChI=1S/C18H6BF9/c20-10-4-16(26)13(23)1-7(10)19(8-2-14(24)17(27)5-11(8)21)9-3-15(25)18(28)6-12(9)22/h1-6H. The van der Waals surface area contributed by atoms with Crippen molar-refractivity contribution in [1.82, 2.24) is 0 Å². The Morgan fingerprint density at radius 1 is 0.321 bits per heavy atom. The molecule has 0 N–H and O–H groups in total. The first kappa shape index (κ1) is 19.8. The molecule has 3 aromatic carbocycles. The maximum absolute atomic E-state index is 14.3. The van der Waals surface area contributed by atoms with Crippen molar-refractivity contribution in [3.63, 3.8) is 0 Å². The fourth-order valence-electron chi connectivity index (χ4n) is 2.78. The minimum atomic E-state index is -2.08. The first-order chi connectivity index (χ1) is 13.1. The Kier molecular flexibility index (Phi) is 5.14. The van der Waals surface area contributed by atoms with Crippen LogP contribution in [0.15, 0.2) is 36.4 Å². The maximum Gasteiger partial charge on any atom is 0.253 e. The second kappa shape index (κ2) is 7.25. The van der Waals surface area contributed by atoms with Gasteiger partial charge in [0.05, 0.1) is 0 Å². The Labute approximate surface area is 152 Å². The van der Waals surface area contributed by atoms with Gasteiger partial charge in [-0.3, -0.25) is 0 Å². The van der Waals surface area contributed by atoms with Crippen LogP contribution >= 0.6 is 0 Å². The van der Waals surface area contributed by atoms with Crippen molar-refractivity contribution in [1.29, 1.82) is 0 Å². The van der Waals surface area contributed by atoms with Crippen LogP contribution in [-0.2, 0) is 0 Å².